The zero-order valence-corrected chi connectivity index (χ0v) is 21.9. The van der Waals surface area contributed by atoms with Gasteiger partial charge in [0.15, 0.2) is 5.85 Å². The summed E-state index contributed by atoms with van der Waals surface area (Å²) in [6.45, 7) is 6.57. The zero-order valence-electron chi connectivity index (χ0n) is 19.5. The first-order valence-electron chi connectivity index (χ1n) is 11.2. The van der Waals surface area contributed by atoms with E-state index in [2.05, 4.69) is 20.8 Å². The lowest BCUT2D eigenvalue weighted by atomic mass is 9.75. The second-order valence-corrected chi connectivity index (χ2v) is 12.8. The number of benzene rings is 2. The molecule has 0 spiro atoms. The molecule has 0 amide bonds. The molecule has 5 atom stereocenters. The highest BCUT2D eigenvalue weighted by atomic mass is 35.5. The van der Waals surface area contributed by atoms with Crippen LogP contribution in [0.25, 0.3) is 0 Å². The summed E-state index contributed by atoms with van der Waals surface area (Å²) in [6, 6.07) is 12.2. The summed E-state index contributed by atoms with van der Waals surface area (Å²) in [7, 11) is 0.158. The number of aliphatic hydroxyl groups is 1. The zero-order chi connectivity index (χ0) is 23.6. The Morgan fingerprint density at radius 3 is 2.31 bits per heavy atom. The van der Waals surface area contributed by atoms with Gasteiger partial charge in [-0.2, -0.15) is 0 Å². The number of rotatable bonds is 7. The third-order valence-electron chi connectivity index (χ3n) is 6.54. The highest BCUT2D eigenvalue weighted by molar-refractivity contribution is 7.67. The third kappa shape index (κ3) is 5.54. The molecule has 1 fully saturated rings. The number of hydrogen-bond acceptors (Lipinski definition) is 4. The van der Waals surface area contributed by atoms with E-state index in [0.717, 1.165) is 24.9 Å². The Balaban J connectivity index is 2.06. The molecule has 0 aliphatic heterocycles. The van der Waals surface area contributed by atoms with Crippen LogP contribution in [0.2, 0.25) is 10.0 Å². The van der Waals surface area contributed by atoms with Crippen molar-refractivity contribution < 1.29 is 14.2 Å². The highest BCUT2D eigenvalue weighted by Crippen LogP contribution is 2.61. The van der Waals surface area contributed by atoms with Crippen molar-refractivity contribution in [1.82, 2.24) is 0 Å². The van der Waals surface area contributed by atoms with Crippen molar-refractivity contribution in [2.45, 2.75) is 52.0 Å². The average Bonchev–Trinajstić information content (AvgIpc) is 2.73. The van der Waals surface area contributed by atoms with E-state index >= 15 is 0 Å². The standard InChI is InChI=1S/C25H34Cl2NO3P/c1-16(2)21-12-6-17(3)14-24(21)31-32(30,20-10-8-19(9-11-20)28(4)5)25(29)22-13-7-18(26)15-23(22)27/h7-11,13,15-17,21,24-25,29H,6,12,14H2,1-5H3/t17-,21+,24+,25-,32-/m0/s1. The molecule has 0 bridgehead atoms. The van der Waals surface area contributed by atoms with Gasteiger partial charge >= 0.3 is 0 Å². The molecule has 4 nitrogen and oxygen atoms in total. The first-order valence-corrected chi connectivity index (χ1v) is 13.7. The van der Waals surface area contributed by atoms with Gasteiger partial charge in [0.1, 0.15) is 0 Å². The summed E-state index contributed by atoms with van der Waals surface area (Å²) in [6.07, 6.45) is 2.79. The minimum Gasteiger partial charge on any atom is -0.378 e. The summed E-state index contributed by atoms with van der Waals surface area (Å²) >= 11 is 12.5. The molecule has 1 saturated carbocycles. The van der Waals surface area contributed by atoms with Crippen molar-refractivity contribution in [1.29, 1.82) is 0 Å². The van der Waals surface area contributed by atoms with Crippen LogP contribution in [-0.2, 0) is 9.09 Å². The van der Waals surface area contributed by atoms with Crippen LogP contribution in [0.4, 0.5) is 5.69 Å². The average molecular weight is 498 g/mol. The first kappa shape index (κ1) is 25.6. The van der Waals surface area contributed by atoms with Gasteiger partial charge in [-0.1, -0.05) is 56.5 Å². The molecule has 1 N–H and O–H groups in total. The van der Waals surface area contributed by atoms with Crippen molar-refractivity contribution in [3.05, 3.63) is 58.1 Å². The highest BCUT2D eigenvalue weighted by Gasteiger charge is 2.43. The van der Waals surface area contributed by atoms with E-state index in [0.29, 0.717) is 27.7 Å². The quantitative estimate of drug-likeness (QED) is 0.413. The number of hydrogen-bond donors (Lipinski definition) is 1. The van der Waals surface area contributed by atoms with Crippen LogP contribution in [0.5, 0.6) is 0 Å². The molecular weight excluding hydrogens is 464 g/mol. The second kappa shape index (κ2) is 10.5. The lowest BCUT2D eigenvalue weighted by molar-refractivity contribution is 0.0427. The van der Waals surface area contributed by atoms with Crippen molar-refractivity contribution in [3.63, 3.8) is 0 Å². The molecule has 0 unspecified atom stereocenters. The number of aliphatic hydroxyl groups excluding tert-OH is 1. The van der Waals surface area contributed by atoms with Gasteiger partial charge in [0.2, 0.25) is 0 Å². The largest absolute Gasteiger partial charge is 0.378 e. The van der Waals surface area contributed by atoms with Crippen LogP contribution in [0.3, 0.4) is 0 Å². The molecular formula is C25H34Cl2NO3P. The van der Waals surface area contributed by atoms with Crippen LogP contribution in [0.1, 0.15) is 51.4 Å². The summed E-state index contributed by atoms with van der Waals surface area (Å²) in [5.74, 6) is -0.222. The van der Waals surface area contributed by atoms with Crippen molar-refractivity contribution in [2.24, 2.45) is 17.8 Å². The van der Waals surface area contributed by atoms with Crippen LogP contribution in [0.15, 0.2) is 42.5 Å². The van der Waals surface area contributed by atoms with Crippen molar-refractivity contribution >= 4 is 41.6 Å². The Kier molecular flexibility index (Phi) is 8.39. The Hall–Kier alpha value is -1.03. The maximum absolute atomic E-state index is 14.6. The van der Waals surface area contributed by atoms with E-state index in [1.54, 1.807) is 30.3 Å². The topological polar surface area (TPSA) is 49.8 Å². The molecule has 1 aliphatic rings. The summed E-state index contributed by atoms with van der Waals surface area (Å²) in [5.41, 5.74) is 1.34. The molecule has 0 saturated heterocycles. The minimum atomic E-state index is -3.74. The van der Waals surface area contributed by atoms with E-state index < -0.39 is 13.2 Å². The molecule has 0 radical (unpaired) electrons. The number of anilines is 1. The first-order chi connectivity index (χ1) is 15.0. The Morgan fingerprint density at radius 2 is 1.75 bits per heavy atom. The predicted molar refractivity (Wildman–Crippen MR) is 136 cm³/mol. The van der Waals surface area contributed by atoms with Gasteiger partial charge in [-0.15, -0.1) is 0 Å². The third-order valence-corrected chi connectivity index (χ3v) is 9.63. The molecule has 0 aromatic heterocycles. The normalized spacial score (nSPS) is 24.2. The summed E-state index contributed by atoms with van der Waals surface area (Å²) in [4.78, 5) is 1.97. The molecule has 3 rings (SSSR count). The Morgan fingerprint density at radius 1 is 1.09 bits per heavy atom. The van der Waals surface area contributed by atoms with Crippen LogP contribution in [-0.4, -0.2) is 25.3 Å². The Labute approximate surface area is 202 Å². The van der Waals surface area contributed by atoms with E-state index in [1.807, 2.05) is 31.1 Å². The van der Waals surface area contributed by atoms with Crippen LogP contribution >= 0.6 is 30.6 Å². The molecule has 7 heteroatoms. The SMILES string of the molecule is CC(C)[C@H]1CC[C@H](C)C[C@H]1O[P@@](=O)(c1ccc(N(C)C)cc1)[C@H](O)c1ccc(Cl)cc1Cl. The van der Waals surface area contributed by atoms with Gasteiger partial charge in [0.05, 0.1) is 6.10 Å². The van der Waals surface area contributed by atoms with Crippen molar-refractivity contribution in [2.75, 3.05) is 19.0 Å². The fourth-order valence-corrected chi connectivity index (χ4v) is 7.46. The molecule has 2 aromatic carbocycles. The van der Waals surface area contributed by atoms with E-state index in [4.69, 9.17) is 27.7 Å². The van der Waals surface area contributed by atoms with Crippen LogP contribution < -0.4 is 10.2 Å². The fourth-order valence-electron chi connectivity index (χ4n) is 4.55. The molecule has 32 heavy (non-hydrogen) atoms. The van der Waals surface area contributed by atoms with E-state index in [-0.39, 0.29) is 17.0 Å². The van der Waals surface area contributed by atoms with Gasteiger partial charge in [-0.25, -0.2) is 0 Å². The van der Waals surface area contributed by atoms with Gasteiger partial charge < -0.3 is 14.5 Å². The summed E-state index contributed by atoms with van der Waals surface area (Å²) < 4.78 is 21.1. The smallest absolute Gasteiger partial charge is 0.264 e. The van der Waals surface area contributed by atoms with E-state index in [9.17, 15) is 9.67 Å². The van der Waals surface area contributed by atoms with Crippen LogP contribution in [0, 0.1) is 17.8 Å². The van der Waals surface area contributed by atoms with Gasteiger partial charge in [-0.3, -0.25) is 4.57 Å². The minimum absolute atomic E-state index is 0.196. The lowest BCUT2D eigenvalue weighted by Gasteiger charge is -2.40. The lowest BCUT2D eigenvalue weighted by Crippen LogP contribution is -2.35. The van der Waals surface area contributed by atoms with Gasteiger partial charge in [0.25, 0.3) is 7.37 Å². The Bertz CT molecular complexity index is 964. The predicted octanol–water partition coefficient (Wildman–Crippen LogP) is 7.13. The van der Waals surface area contributed by atoms with Gasteiger partial charge in [0, 0.05) is 40.7 Å². The number of nitrogens with zero attached hydrogens (tertiary/aromatic N) is 1. The monoisotopic (exact) mass is 497 g/mol. The van der Waals surface area contributed by atoms with Crippen molar-refractivity contribution in [3.8, 4) is 0 Å². The fraction of sp³-hybridized carbons (Fsp3) is 0.520. The second-order valence-electron chi connectivity index (χ2n) is 9.52. The molecule has 2 aromatic rings. The van der Waals surface area contributed by atoms with E-state index in [1.165, 1.54) is 0 Å². The molecule has 0 heterocycles. The maximum atomic E-state index is 14.6. The molecule has 176 valence electrons. The molecule has 1 aliphatic carbocycles. The number of halogens is 2. The summed E-state index contributed by atoms with van der Waals surface area (Å²) in [5, 5.41) is 12.7. The van der Waals surface area contributed by atoms with Gasteiger partial charge in [-0.05, 0) is 67.0 Å². The maximum Gasteiger partial charge on any atom is 0.264 e.